The number of carbonyl (C=O) groups is 2. The summed E-state index contributed by atoms with van der Waals surface area (Å²) in [5.41, 5.74) is 8.13. The van der Waals surface area contributed by atoms with Gasteiger partial charge in [-0.25, -0.2) is 0 Å². The number of rotatable bonds is 4. The highest BCUT2D eigenvalue weighted by Gasteiger charge is 2.33. The van der Waals surface area contributed by atoms with Crippen molar-refractivity contribution in [1.29, 1.82) is 0 Å². The smallest absolute Gasteiger partial charge is 0.244 e. The number of likely N-dealkylation sites (tertiary alicyclic amines) is 1. The molecule has 0 aromatic heterocycles. The van der Waals surface area contributed by atoms with Crippen LogP contribution in [0, 0.1) is 12.8 Å². The van der Waals surface area contributed by atoms with Gasteiger partial charge in [0.05, 0.1) is 0 Å². The fourth-order valence-electron chi connectivity index (χ4n) is 3.02. The summed E-state index contributed by atoms with van der Waals surface area (Å²) in [7, 11) is 0. The molecule has 2 fully saturated rings. The third-order valence-corrected chi connectivity index (χ3v) is 4.80. The maximum atomic E-state index is 12.5. The van der Waals surface area contributed by atoms with Gasteiger partial charge in [-0.1, -0.05) is 29.8 Å². The second-order valence-electron chi connectivity index (χ2n) is 6.77. The van der Waals surface area contributed by atoms with Crippen molar-refractivity contribution in [2.24, 2.45) is 11.7 Å². The van der Waals surface area contributed by atoms with Crippen molar-refractivity contribution in [3.8, 4) is 0 Å². The summed E-state index contributed by atoms with van der Waals surface area (Å²) < 4.78 is 0. The molecule has 1 unspecified atom stereocenters. The van der Waals surface area contributed by atoms with E-state index in [1.165, 1.54) is 0 Å². The minimum absolute atomic E-state index is 0.0270. The lowest BCUT2D eigenvalue weighted by atomic mass is 10.0. The van der Waals surface area contributed by atoms with Crippen molar-refractivity contribution in [3.05, 3.63) is 35.4 Å². The quantitative estimate of drug-likeness (QED) is 0.884. The molecule has 2 aliphatic rings. The van der Waals surface area contributed by atoms with Crippen LogP contribution in [0.25, 0.3) is 0 Å². The van der Waals surface area contributed by atoms with Crippen molar-refractivity contribution in [2.45, 2.75) is 44.7 Å². The third-order valence-electron chi connectivity index (χ3n) is 4.80. The highest BCUT2D eigenvalue weighted by molar-refractivity contribution is 5.83. The lowest BCUT2D eigenvalue weighted by Crippen LogP contribution is -2.49. The van der Waals surface area contributed by atoms with Crippen LogP contribution in [0.15, 0.2) is 24.3 Å². The van der Waals surface area contributed by atoms with E-state index in [0.29, 0.717) is 13.1 Å². The van der Waals surface area contributed by atoms with Crippen LogP contribution in [0.3, 0.4) is 0 Å². The molecule has 5 nitrogen and oxygen atoms in total. The van der Waals surface area contributed by atoms with Crippen molar-refractivity contribution in [2.75, 3.05) is 13.1 Å². The second-order valence-corrected chi connectivity index (χ2v) is 6.77. The second kappa shape index (κ2) is 6.71. The first kappa shape index (κ1) is 16.0. The van der Waals surface area contributed by atoms with Crippen LogP contribution in [-0.2, 0) is 9.59 Å². The van der Waals surface area contributed by atoms with Gasteiger partial charge in [0.1, 0.15) is 6.04 Å². The summed E-state index contributed by atoms with van der Waals surface area (Å²) in [4.78, 5) is 26.2. The Balaban J connectivity index is 1.51. The maximum Gasteiger partial charge on any atom is 0.244 e. The topological polar surface area (TPSA) is 75.4 Å². The van der Waals surface area contributed by atoms with E-state index in [9.17, 15) is 9.59 Å². The summed E-state index contributed by atoms with van der Waals surface area (Å²) >= 11 is 0. The number of nitrogens with zero attached hydrogens (tertiary/aromatic N) is 1. The van der Waals surface area contributed by atoms with Gasteiger partial charge in [-0.05, 0) is 38.2 Å². The summed E-state index contributed by atoms with van der Waals surface area (Å²) in [5.74, 6) is 0.400. The van der Waals surface area contributed by atoms with Gasteiger partial charge in [-0.3, -0.25) is 9.59 Å². The lowest BCUT2D eigenvalue weighted by molar-refractivity contribution is -0.134. The molecule has 1 aromatic carbocycles. The van der Waals surface area contributed by atoms with E-state index >= 15 is 0 Å². The molecule has 1 heterocycles. The van der Waals surface area contributed by atoms with Gasteiger partial charge in [0.25, 0.3) is 0 Å². The van der Waals surface area contributed by atoms with Crippen molar-refractivity contribution >= 4 is 11.8 Å². The predicted molar refractivity (Wildman–Crippen MR) is 88.6 cm³/mol. The predicted octanol–water partition coefficient (Wildman–Crippen LogP) is 1.51. The van der Waals surface area contributed by atoms with E-state index in [-0.39, 0.29) is 23.8 Å². The Morgan fingerprint density at radius 3 is 2.30 bits per heavy atom. The molecule has 0 radical (unpaired) electrons. The van der Waals surface area contributed by atoms with Crippen LogP contribution in [0.5, 0.6) is 0 Å². The molecule has 3 rings (SSSR count). The Labute approximate surface area is 137 Å². The molecule has 1 aliphatic heterocycles. The lowest BCUT2D eigenvalue weighted by Gasteiger charge is -2.34. The van der Waals surface area contributed by atoms with Crippen LogP contribution in [0.2, 0.25) is 0 Å². The highest BCUT2D eigenvalue weighted by Crippen LogP contribution is 2.29. The molecule has 3 N–H and O–H groups in total. The Bertz CT molecular complexity index is 572. The average molecular weight is 315 g/mol. The Hall–Kier alpha value is -1.88. The number of carbonyl (C=O) groups excluding carboxylic acids is 2. The molecule has 0 bridgehead atoms. The molecule has 1 aromatic rings. The molecule has 1 aliphatic carbocycles. The van der Waals surface area contributed by atoms with E-state index < -0.39 is 6.04 Å². The van der Waals surface area contributed by atoms with Gasteiger partial charge in [-0.2, -0.15) is 0 Å². The molecule has 1 atom stereocenters. The zero-order chi connectivity index (χ0) is 16.4. The number of hydrogen-bond donors (Lipinski definition) is 2. The normalized spacial score (nSPS) is 20.2. The Kier molecular flexibility index (Phi) is 4.66. The number of piperidine rings is 1. The summed E-state index contributed by atoms with van der Waals surface area (Å²) in [6, 6.07) is 7.38. The average Bonchev–Trinajstić information content (AvgIpc) is 3.40. The summed E-state index contributed by atoms with van der Waals surface area (Å²) in [6.45, 7) is 3.33. The van der Waals surface area contributed by atoms with Gasteiger partial charge in [0, 0.05) is 25.0 Å². The molecular weight excluding hydrogens is 290 g/mol. The molecule has 2 amide bonds. The van der Waals surface area contributed by atoms with Crippen LogP contribution in [0.4, 0.5) is 0 Å². The molecule has 1 saturated heterocycles. The standard InChI is InChI=1S/C18H25N3O2/c1-12-2-4-13(5-3-12)16(19)18(23)21-10-8-15(9-11-21)20-17(22)14-6-7-14/h2-5,14-16H,6-11,19H2,1H3,(H,20,22). The molecule has 1 saturated carbocycles. The van der Waals surface area contributed by atoms with Gasteiger partial charge in [-0.15, -0.1) is 0 Å². The van der Waals surface area contributed by atoms with E-state index in [1.807, 2.05) is 36.1 Å². The fourth-order valence-corrected chi connectivity index (χ4v) is 3.02. The van der Waals surface area contributed by atoms with Crippen molar-refractivity contribution in [1.82, 2.24) is 10.2 Å². The van der Waals surface area contributed by atoms with Gasteiger partial charge < -0.3 is 16.0 Å². The van der Waals surface area contributed by atoms with Crippen LogP contribution >= 0.6 is 0 Å². The number of aryl methyl sites for hydroxylation is 1. The maximum absolute atomic E-state index is 12.5. The minimum Gasteiger partial charge on any atom is -0.353 e. The highest BCUT2D eigenvalue weighted by atomic mass is 16.2. The third kappa shape index (κ3) is 3.91. The number of nitrogens with two attached hydrogens (primary N) is 1. The molecule has 0 spiro atoms. The number of hydrogen-bond acceptors (Lipinski definition) is 3. The largest absolute Gasteiger partial charge is 0.353 e. The van der Waals surface area contributed by atoms with E-state index in [1.54, 1.807) is 0 Å². The van der Waals surface area contributed by atoms with Crippen molar-refractivity contribution in [3.63, 3.8) is 0 Å². The van der Waals surface area contributed by atoms with Crippen LogP contribution in [-0.4, -0.2) is 35.8 Å². The van der Waals surface area contributed by atoms with E-state index in [0.717, 1.165) is 36.8 Å². The molecule has 124 valence electrons. The number of nitrogens with one attached hydrogen (secondary N) is 1. The van der Waals surface area contributed by atoms with Crippen molar-refractivity contribution < 1.29 is 9.59 Å². The summed E-state index contributed by atoms with van der Waals surface area (Å²) in [5, 5.41) is 3.10. The molecule has 23 heavy (non-hydrogen) atoms. The zero-order valence-electron chi connectivity index (χ0n) is 13.6. The first-order valence-corrected chi connectivity index (χ1v) is 8.46. The van der Waals surface area contributed by atoms with Gasteiger partial charge in [0.15, 0.2) is 0 Å². The van der Waals surface area contributed by atoms with Gasteiger partial charge >= 0.3 is 0 Å². The Morgan fingerprint density at radius 1 is 1.13 bits per heavy atom. The molecular formula is C18H25N3O2. The fraction of sp³-hybridized carbons (Fsp3) is 0.556. The number of benzene rings is 1. The zero-order valence-corrected chi connectivity index (χ0v) is 13.6. The monoisotopic (exact) mass is 315 g/mol. The molecule has 5 heteroatoms. The number of amides is 2. The van der Waals surface area contributed by atoms with E-state index in [4.69, 9.17) is 5.73 Å². The SMILES string of the molecule is Cc1ccc(C(N)C(=O)N2CCC(NC(=O)C3CC3)CC2)cc1. The minimum atomic E-state index is -0.604. The first-order chi connectivity index (χ1) is 11.0. The van der Waals surface area contributed by atoms with Gasteiger partial charge in [0.2, 0.25) is 11.8 Å². The first-order valence-electron chi connectivity index (χ1n) is 8.46. The van der Waals surface area contributed by atoms with E-state index in [2.05, 4.69) is 5.32 Å². The van der Waals surface area contributed by atoms with Crippen LogP contribution in [0.1, 0.15) is 42.9 Å². The van der Waals surface area contributed by atoms with Crippen LogP contribution < -0.4 is 11.1 Å². The Morgan fingerprint density at radius 2 is 1.74 bits per heavy atom. The summed E-state index contributed by atoms with van der Waals surface area (Å²) in [6.07, 6.45) is 3.67.